The Labute approximate surface area is 146 Å². The van der Waals surface area contributed by atoms with Crippen LogP contribution < -0.4 is 10.3 Å². The number of H-pyrrole nitrogens is 1. The van der Waals surface area contributed by atoms with Gasteiger partial charge in [-0.05, 0) is 12.5 Å². The fraction of sp³-hybridized carbons (Fsp3) is 0.368. The third-order valence-electron chi connectivity index (χ3n) is 4.28. The second-order valence-corrected chi connectivity index (χ2v) is 6.19. The zero-order valence-electron chi connectivity index (χ0n) is 14.2. The minimum absolute atomic E-state index is 0.00123. The minimum Gasteiger partial charge on any atom is -0.490 e. The van der Waals surface area contributed by atoms with Crippen LogP contribution in [0.15, 0.2) is 47.4 Å². The number of aromatic nitrogens is 1. The summed E-state index contributed by atoms with van der Waals surface area (Å²) in [5.74, 6) is 0.605. The number of carbonyl (C=O) groups is 1. The van der Waals surface area contributed by atoms with Crippen LogP contribution in [0.5, 0.6) is 5.75 Å². The van der Waals surface area contributed by atoms with E-state index >= 15 is 0 Å². The molecular weight excluding hydrogens is 320 g/mol. The van der Waals surface area contributed by atoms with E-state index in [4.69, 9.17) is 9.47 Å². The van der Waals surface area contributed by atoms with Crippen LogP contribution in [-0.2, 0) is 11.3 Å². The molecule has 0 spiro atoms. The number of aromatic amines is 1. The molecule has 6 nitrogen and oxygen atoms in total. The van der Waals surface area contributed by atoms with Crippen molar-refractivity contribution in [2.24, 2.45) is 0 Å². The number of hydrogen-bond donors (Lipinski definition) is 1. The highest BCUT2D eigenvalue weighted by Crippen LogP contribution is 2.21. The molecule has 1 aromatic carbocycles. The molecular formula is C19H22N2O4. The van der Waals surface area contributed by atoms with Crippen molar-refractivity contribution >= 4 is 6.09 Å². The number of amides is 1. The molecule has 0 bridgehead atoms. The predicted octanol–water partition coefficient (Wildman–Crippen LogP) is 2.86. The number of pyridine rings is 1. The predicted molar refractivity (Wildman–Crippen MR) is 93.6 cm³/mol. The van der Waals surface area contributed by atoms with Crippen LogP contribution in [0, 0.1) is 6.92 Å². The van der Waals surface area contributed by atoms with E-state index in [-0.39, 0.29) is 24.4 Å². The lowest BCUT2D eigenvalue weighted by Gasteiger charge is -2.31. The number of nitrogens with zero attached hydrogens (tertiary/aromatic N) is 1. The van der Waals surface area contributed by atoms with Gasteiger partial charge in [-0.15, -0.1) is 0 Å². The number of ether oxygens (including phenoxy) is 2. The minimum atomic E-state index is -0.297. The van der Waals surface area contributed by atoms with Crippen LogP contribution in [-0.4, -0.2) is 35.2 Å². The van der Waals surface area contributed by atoms with Gasteiger partial charge >= 0.3 is 6.09 Å². The Morgan fingerprint density at radius 2 is 1.96 bits per heavy atom. The smallest absolute Gasteiger partial charge is 0.410 e. The van der Waals surface area contributed by atoms with Crippen molar-refractivity contribution < 1.29 is 14.3 Å². The number of benzene rings is 1. The molecule has 1 amide bonds. The summed E-state index contributed by atoms with van der Waals surface area (Å²) in [6.07, 6.45) is 2.78. The van der Waals surface area contributed by atoms with E-state index in [0.29, 0.717) is 31.7 Å². The molecule has 0 aliphatic carbocycles. The van der Waals surface area contributed by atoms with E-state index in [1.165, 1.54) is 6.07 Å². The maximum atomic E-state index is 12.2. The van der Waals surface area contributed by atoms with E-state index in [0.717, 1.165) is 11.1 Å². The van der Waals surface area contributed by atoms with E-state index in [9.17, 15) is 9.59 Å². The van der Waals surface area contributed by atoms with E-state index in [2.05, 4.69) is 4.98 Å². The van der Waals surface area contributed by atoms with Crippen molar-refractivity contribution in [2.75, 3.05) is 13.1 Å². The Morgan fingerprint density at radius 1 is 1.24 bits per heavy atom. The highest BCUT2D eigenvalue weighted by Gasteiger charge is 2.25. The molecule has 1 saturated heterocycles. The van der Waals surface area contributed by atoms with Gasteiger partial charge in [0, 0.05) is 43.8 Å². The van der Waals surface area contributed by atoms with Crippen molar-refractivity contribution in [3.05, 3.63) is 64.1 Å². The van der Waals surface area contributed by atoms with Crippen molar-refractivity contribution in [1.29, 1.82) is 0 Å². The van der Waals surface area contributed by atoms with E-state index in [1.54, 1.807) is 11.1 Å². The lowest BCUT2D eigenvalue weighted by atomic mass is 10.1. The highest BCUT2D eigenvalue weighted by molar-refractivity contribution is 5.67. The number of carbonyl (C=O) groups excluding carboxylic acids is 1. The summed E-state index contributed by atoms with van der Waals surface area (Å²) in [5.41, 5.74) is 1.69. The summed E-state index contributed by atoms with van der Waals surface area (Å²) in [4.78, 5) is 27.9. The Morgan fingerprint density at radius 3 is 2.68 bits per heavy atom. The van der Waals surface area contributed by atoms with Gasteiger partial charge in [0.1, 0.15) is 18.5 Å². The molecule has 2 aromatic rings. The van der Waals surface area contributed by atoms with Crippen molar-refractivity contribution in [3.8, 4) is 5.75 Å². The molecule has 25 heavy (non-hydrogen) atoms. The van der Waals surface area contributed by atoms with Gasteiger partial charge in [-0.3, -0.25) is 4.79 Å². The van der Waals surface area contributed by atoms with Crippen LogP contribution in [0.25, 0.3) is 0 Å². The number of aryl methyl sites for hydroxylation is 1. The summed E-state index contributed by atoms with van der Waals surface area (Å²) in [7, 11) is 0. The summed E-state index contributed by atoms with van der Waals surface area (Å²) in [6.45, 7) is 3.34. The molecule has 0 saturated carbocycles. The van der Waals surface area contributed by atoms with Gasteiger partial charge in [-0.2, -0.15) is 0 Å². The van der Waals surface area contributed by atoms with Crippen molar-refractivity contribution in [3.63, 3.8) is 0 Å². The molecule has 0 unspecified atom stereocenters. The fourth-order valence-corrected chi connectivity index (χ4v) is 2.80. The normalized spacial score (nSPS) is 15.0. The summed E-state index contributed by atoms with van der Waals surface area (Å²) < 4.78 is 11.3. The van der Waals surface area contributed by atoms with Crippen LogP contribution in [0.2, 0.25) is 0 Å². The number of piperidine rings is 1. The van der Waals surface area contributed by atoms with Gasteiger partial charge < -0.3 is 19.4 Å². The molecule has 132 valence electrons. The number of hydrogen-bond acceptors (Lipinski definition) is 4. The maximum Gasteiger partial charge on any atom is 0.410 e. The van der Waals surface area contributed by atoms with Crippen LogP contribution in [0.3, 0.4) is 0 Å². The lowest BCUT2D eigenvalue weighted by molar-refractivity contribution is 0.0636. The van der Waals surface area contributed by atoms with Gasteiger partial charge in [0.15, 0.2) is 0 Å². The molecule has 1 aliphatic heterocycles. The number of rotatable bonds is 4. The van der Waals surface area contributed by atoms with Gasteiger partial charge in [0.25, 0.3) is 5.56 Å². The van der Waals surface area contributed by atoms with Crippen LogP contribution >= 0.6 is 0 Å². The lowest BCUT2D eigenvalue weighted by Crippen LogP contribution is -2.42. The highest BCUT2D eigenvalue weighted by atomic mass is 16.6. The van der Waals surface area contributed by atoms with E-state index in [1.807, 2.05) is 37.3 Å². The number of nitrogens with one attached hydrogen (secondary N) is 1. The Bertz CT molecular complexity index is 764. The first kappa shape index (κ1) is 17.1. The number of likely N-dealkylation sites (tertiary alicyclic amines) is 1. The molecule has 1 aromatic heterocycles. The first-order valence-corrected chi connectivity index (χ1v) is 8.43. The first-order valence-electron chi connectivity index (χ1n) is 8.43. The zero-order valence-corrected chi connectivity index (χ0v) is 14.2. The van der Waals surface area contributed by atoms with Crippen LogP contribution in [0.1, 0.15) is 24.0 Å². The molecule has 2 heterocycles. The first-order chi connectivity index (χ1) is 12.1. The zero-order chi connectivity index (χ0) is 17.6. The van der Waals surface area contributed by atoms with Crippen molar-refractivity contribution in [1.82, 2.24) is 9.88 Å². The summed E-state index contributed by atoms with van der Waals surface area (Å²) in [5, 5.41) is 0. The van der Waals surface area contributed by atoms with Gasteiger partial charge in [0.05, 0.1) is 0 Å². The van der Waals surface area contributed by atoms with Crippen LogP contribution in [0.4, 0.5) is 4.79 Å². The molecule has 1 N–H and O–H groups in total. The summed E-state index contributed by atoms with van der Waals surface area (Å²) in [6, 6.07) is 11.1. The molecule has 1 aliphatic rings. The molecule has 0 radical (unpaired) electrons. The fourth-order valence-electron chi connectivity index (χ4n) is 2.80. The Hall–Kier alpha value is -2.76. The van der Waals surface area contributed by atoms with E-state index < -0.39 is 0 Å². The Balaban J connectivity index is 1.47. The molecule has 0 atom stereocenters. The monoisotopic (exact) mass is 342 g/mol. The molecule has 6 heteroatoms. The average molecular weight is 342 g/mol. The van der Waals surface area contributed by atoms with Gasteiger partial charge in [-0.25, -0.2) is 4.79 Å². The average Bonchev–Trinajstić information content (AvgIpc) is 2.64. The SMILES string of the molecule is Cc1c[nH]c(=O)cc1OC1CCN(C(=O)OCc2ccccc2)CC1. The Kier molecular flexibility index (Phi) is 5.38. The largest absolute Gasteiger partial charge is 0.490 e. The third kappa shape index (κ3) is 4.62. The topological polar surface area (TPSA) is 71.6 Å². The molecule has 3 rings (SSSR count). The molecule has 1 fully saturated rings. The third-order valence-corrected chi connectivity index (χ3v) is 4.28. The standard InChI is InChI=1S/C19H22N2O4/c1-14-12-20-18(22)11-17(14)25-16-7-9-21(10-8-16)19(23)24-13-15-5-3-2-4-6-15/h2-6,11-12,16H,7-10,13H2,1H3,(H,20,22). The van der Waals surface area contributed by atoms with Gasteiger partial charge in [0.2, 0.25) is 0 Å². The second kappa shape index (κ2) is 7.88. The van der Waals surface area contributed by atoms with Crippen molar-refractivity contribution in [2.45, 2.75) is 32.5 Å². The quantitative estimate of drug-likeness (QED) is 0.927. The summed E-state index contributed by atoms with van der Waals surface area (Å²) >= 11 is 0. The maximum absolute atomic E-state index is 12.2. The van der Waals surface area contributed by atoms with Gasteiger partial charge in [-0.1, -0.05) is 30.3 Å². The second-order valence-electron chi connectivity index (χ2n) is 6.19.